The van der Waals surface area contributed by atoms with E-state index < -0.39 is 0 Å². The van der Waals surface area contributed by atoms with Crippen molar-refractivity contribution in [3.63, 3.8) is 0 Å². The molecule has 0 aromatic rings. The zero-order valence-electron chi connectivity index (χ0n) is 15.4. The lowest BCUT2D eigenvalue weighted by atomic mass is 9.78. The Kier molecular flexibility index (Phi) is 9.50. The van der Waals surface area contributed by atoms with Gasteiger partial charge in [-0.3, -0.25) is 4.79 Å². The molecule has 0 aliphatic rings. The minimum Gasteiger partial charge on any atom is -0.508 e. The summed E-state index contributed by atoms with van der Waals surface area (Å²) in [7, 11) is 0. The first kappa shape index (κ1) is 21.4. The molecule has 3 nitrogen and oxygen atoms in total. The highest BCUT2D eigenvalue weighted by atomic mass is 16.3. The van der Waals surface area contributed by atoms with E-state index in [1.807, 2.05) is 27.7 Å². The van der Waals surface area contributed by atoms with Crippen LogP contribution in [0.1, 0.15) is 53.9 Å². The number of ketones is 1. The van der Waals surface area contributed by atoms with Gasteiger partial charge in [0.15, 0.2) is 5.78 Å². The molecule has 0 aromatic heterocycles. The Morgan fingerprint density at radius 3 is 2.26 bits per heavy atom. The first-order chi connectivity index (χ1) is 10.7. The average molecular weight is 319 g/mol. The van der Waals surface area contributed by atoms with E-state index >= 15 is 0 Å². The third-order valence-electron chi connectivity index (χ3n) is 3.77. The second kappa shape index (κ2) is 10.2. The van der Waals surface area contributed by atoms with Gasteiger partial charge in [0, 0.05) is 11.5 Å². The van der Waals surface area contributed by atoms with Crippen LogP contribution in [-0.2, 0) is 4.79 Å². The Bertz CT molecular complexity index is 470. The van der Waals surface area contributed by atoms with Crippen LogP contribution in [0.4, 0.5) is 0 Å². The fourth-order valence-corrected chi connectivity index (χ4v) is 2.57. The minimum absolute atomic E-state index is 0.0929. The molecule has 0 aliphatic heterocycles. The fourth-order valence-electron chi connectivity index (χ4n) is 2.57. The molecular formula is C20H33NO2. The van der Waals surface area contributed by atoms with Crippen molar-refractivity contribution in [2.75, 3.05) is 0 Å². The van der Waals surface area contributed by atoms with Crippen molar-refractivity contribution in [2.24, 2.45) is 5.41 Å². The van der Waals surface area contributed by atoms with E-state index in [-0.39, 0.29) is 29.0 Å². The fraction of sp³-hybridized carbons (Fsp3) is 0.550. The molecule has 130 valence electrons. The summed E-state index contributed by atoms with van der Waals surface area (Å²) in [5.41, 5.74) is 0.546. The molecule has 0 heterocycles. The summed E-state index contributed by atoms with van der Waals surface area (Å²) in [5.74, 6) is 0.313. The zero-order chi connectivity index (χ0) is 18.0. The lowest BCUT2D eigenvalue weighted by Crippen LogP contribution is -2.46. The molecule has 0 saturated carbocycles. The molecule has 0 spiro atoms. The lowest BCUT2D eigenvalue weighted by Gasteiger charge is -2.30. The number of carbonyl (C=O) groups excluding carboxylic acids is 1. The molecule has 0 amide bonds. The number of aliphatic hydroxyl groups is 1. The summed E-state index contributed by atoms with van der Waals surface area (Å²) in [6, 6.07) is -0.0513. The topological polar surface area (TPSA) is 49.3 Å². The molecule has 0 aromatic carbocycles. The number of carbonyl (C=O) groups is 1. The molecule has 23 heavy (non-hydrogen) atoms. The van der Waals surface area contributed by atoms with E-state index in [9.17, 15) is 9.90 Å². The van der Waals surface area contributed by atoms with Gasteiger partial charge in [0.25, 0.3) is 0 Å². The highest BCUT2D eigenvalue weighted by molar-refractivity contribution is 5.89. The van der Waals surface area contributed by atoms with Gasteiger partial charge in [-0.2, -0.15) is 0 Å². The number of rotatable bonds is 11. The molecule has 0 bridgehead atoms. The summed E-state index contributed by atoms with van der Waals surface area (Å²) >= 11 is 0. The van der Waals surface area contributed by atoms with E-state index in [0.29, 0.717) is 6.42 Å². The number of allylic oxidation sites excluding steroid dienone is 4. The predicted molar refractivity (Wildman–Crippen MR) is 99.6 cm³/mol. The number of aliphatic hydroxyl groups excluding tert-OH is 1. The molecule has 0 aliphatic carbocycles. The van der Waals surface area contributed by atoms with Crippen LogP contribution in [0.5, 0.6) is 0 Å². The van der Waals surface area contributed by atoms with E-state index in [0.717, 1.165) is 18.4 Å². The van der Waals surface area contributed by atoms with Crippen LogP contribution < -0.4 is 5.32 Å². The van der Waals surface area contributed by atoms with E-state index in [4.69, 9.17) is 0 Å². The van der Waals surface area contributed by atoms with Gasteiger partial charge in [0.2, 0.25) is 0 Å². The standard InChI is InChI=1S/C20H33NO2/c1-8-13-20(6,7)19(23)18(21-15(4)5)14-16(9-2)11-12-17(22)10-3/h9-12,15,18,21-22H,2-3,8,13-14H2,1,4-7H3/b16-11+,17-12+. The van der Waals surface area contributed by atoms with E-state index in [1.54, 1.807) is 18.2 Å². The summed E-state index contributed by atoms with van der Waals surface area (Å²) in [6.45, 7) is 17.5. The third-order valence-corrected chi connectivity index (χ3v) is 3.77. The monoisotopic (exact) mass is 319 g/mol. The summed E-state index contributed by atoms with van der Waals surface area (Å²) in [5, 5.41) is 12.8. The van der Waals surface area contributed by atoms with Gasteiger partial charge in [0.1, 0.15) is 5.76 Å². The second-order valence-electron chi connectivity index (χ2n) is 6.82. The van der Waals surface area contributed by atoms with E-state index in [2.05, 4.69) is 25.4 Å². The van der Waals surface area contributed by atoms with Gasteiger partial charge < -0.3 is 10.4 Å². The van der Waals surface area contributed by atoms with Crippen LogP contribution >= 0.6 is 0 Å². The minimum atomic E-state index is -0.354. The van der Waals surface area contributed by atoms with Crippen molar-refractivity contribution in [1.82, 2.24) is 5.32 Å². The zero-order valence-corrected chi connectivity index (χ0v) is 15.4. The third kappa shape index (κ3) is 7.98. The van der Waals surface area contributed by atoms with Crippen molar-refractivity contribution < 1.29 is 9.90 Å². The maximum atomic E-state index is 12.9. The van der Waals surface area contributed by atoms with Gasteiger partial charge >= 0.3 is 0 Å². The van der Waals surface area contributed by atoms with Gasteiger partial charge in [-0.15, -0.1) is 0 Å². The lowest BCUT2D eigenvalue weighted by molar-refractivity contribution is -0.129. The highest BCUT2D eigenvalue weighted by Crippen LogP contribution is 2.27. The van der Waals surface area contributed by atoms with Crippen LogP contribution in [0.15, 0.2) is 48.8 Å². The predicted octanol–water partition coefficient (Wildman–Crippen LogP) is 4.88. The van der Waals surface area contributed by atoms with Crippen molar-refractivity contribution >= 4 is 5.78 Å². The highest BCUT2D eigenvalue weighted by Gasteiger charge is 2.33. The summed E-state index contributed by atoms with van der Waals surface area (Å²) in [6.07, 6.45) is 8.84. The van der Waals surface area contributed by atoms with Crippen molar-refractivity contribution in [1.29, 1.82) is 0 Å². The van der Waals surface area contributed by atoms with Gasteiger partial charge in [-0.05, 0) is 30.6 Å². The van der Waals surface area contributed by atoms with Crippen molar-refractivity contribution in [3.05, 3.63) is 48.8 Å². The Balaban J connectivity index is 5.35. The van der Waals surface area contributed by atoms with Crippen LogP contribution in [0.2, 0.25) is 0 Å². The van der Waals surface area contributed by atoms with Crippen LogP contribution in [-0.4, -0.2) is 23.0 Å². The van der Waals surface area contributed by atoms with E-state index in [1.165, 1.54) is 6.08 Å². The number of Topliss-reactive ketones (excluding diaryl/α,β-unsaturated/α-hetero) is 1. The van der Waals surface area contributed by atoms with Crippen LogP contribution in [0.25, 0.3) is 0 Å². The SMILES string of the molecule is C=C/C(=C\C=C(\O)C=C)CC(NC(C)C)C(=O)C(C)(C)CCC. The molecule has 3 heteroatoms. The van der Waals surface area contributed by atoms with Gasteiger partial charge in [0.05, 0.1) is 6.04 Å². The van der Waals surface area contributed by atoms with Crippen molar-refractivity contribution in [2.45, 2.75) is 66.0 Å². The second-order valence-corrected chi connectivity index (χ2v) is 6.82. The summed E-state index contributed by atoms with van der Waals surface area (Å²) < 4.78 is 0. The Labute approximate surface area is 141 Å². The maximum absolute atomic E-state index is 12.9. The molecule has 0 rings (SSSR count). The smallest absolute Gasteiger partial charge is 0.155 e. The quantitative estimate of drug-likeness (QED) is 0.421. The van der Waals surface area contributed by atoms with Crippen molar-refractivity contribution in [3.8, 4) is 0 Å². The van der Waals surface area contributed by atoms with Crippen LogP contribution in [0.3, 0.4) is 0 Å². The number of hydrogen-bond acceptors (Lipinski definition) is 3. The first-order valence-electron chi connectivity index (χ1n) is 8.33. The molecule has 0 fully saturated rings. The molecule has 0 saturated heterocycles. The number of hydrogen-bond donors (Lipinski definition) is 2. The largest absolute Gasteiger partial charge is 0.508 e. The van der Waals surface area contributed by atoms with Gasteiger partial charge in [-0.25, -0.2) is 0 Å². The Morgan fingerprint density at radius 1 is 1.22 bits per heavy atom. The molecular weight excluding hydrogens is 286 g/mol. The first-order valence-corrected chi connectivity index (χ1v) is 8.33. The molecule has 0 radical (unpaired) electrons. The molecule has 2 N–H and O–H groups in total. The number of nitrogens with one attached hydrogen (secondary N) is 1. The average Bonchev–Trinajstić information content (AvgIpc) is 2.48. The van der Waals surface area contributed by atoms with Gasteiger partial charge in [-0.1, -0.05) is 66.3 Å². The summed E-state index contributed by atoms with van der Waals surface area (Å²) in [4.78, 5) is 12.9. The Morgan fingerprint density at radius 2 is 1.83 bits per heavy atom. The maximum Gasteiger partial charge on any atom is 0.155 e. The molecule has 1 unspecified atom stereocenters. The van der Waals surface area contributed by atoms with Crippen LogP contribution in [0, 0.1) is 5.41 Å². The normalized spacial score (nSPS) is 14.7. The molecule has 1 atom stereocenters. The Hall–Kier alpha value is -1.61.